The number of allylic oxidation sites excluding steroid dienone is 1. The molecule has 0 radical (unpaired) electrons. The number of halogens is 1. The van der Waals surface area contributed by atoms with Crippen molar-refractivity contribution in [3.05, 3.63) is 36.3 Å². The van der Waals surface area contributed by atoms with Gasteiger partial charge in [0.2, 0.25) is 0 Å². The van der Waals surface area contributed by atoms with Gasteiger partial charge in [-0.1, -0.05) is 12.2 Å². The number of furan rings is 1. The molecule has 0 saturated carbocycles. The second kappa shape index (κ2) is 5.84. The zero-order valence-corrected chi connectivity index (χ0v) is 8.42. The van der Waals surface area contributed by atoms with Gasteiger partial charge in [0.15, 0.2) is 0 Å². The van der Waals surface area contributed by atoms with Crippen LogP contribution in [0.3, 0.4) is 0 Å². The van der Waals surface area contributed by atoms with Gasteiger partial charge < -0.3 is 9.73 Å². The van der Waals surface area contributed by atoms with Crippen LogP contribution in [0.1, 0.15) is 18.7 Å². The molecule has 0 spiro atoms. The first-order valence-electron chi connectivity index (χ1n) is 4.32. The predicted octanol–water partition coefficient (Wildman–Crippen LogP) is 2.73. The molecule has 1 unspecified atom stereocenters. The lowest BCUT2D eigenvalue weighted by atomic mass is 10.2. The molecule has 0 aromatic carbocycles. The Hall–Kier alpha value is -0.730. The minimum absolute atomic E-state index is 0.245. The van der Waals surface area contributed by atoms with Crippen molar-refractivity contribution in [2.24, 2.45) is 0 Å². The Morgan fingerprint density at radius 1 is 1.62 bits per heavy atom. The maximum absolute atomic E-state index is 5.48. The highest BCUT2D eigenvalue weighted by Gasteiger charge is 2.04. The van der Waals surface area contributed by atoms with Crippen LogP contribution < -0.4 is 5.32 Å². The van der Waals surface area contributed by atoms with Gasteiger partial charge in [0.1, 0.15) is 5.76 Å². The minimum atomic E-state index is 0.245. The second-order valence-corrected chi connectivity index (χ2v) is 3.08. The van der Waals surface area contributed by atoms with E-state index in [1.165, 1.54) is 0 Å². The van der Waals surface area contributed by atoms with Crippen molar-refractivity contribution in [1.82, 2.24) is 5.32 Å². The summed E-state index contributed by atoms with van der Waals surface area (Å²) in [4.78, 5) is 0. The molecule has 72 valence electrons. The van der Waals surface area contributed by atoms with Crippen molar-refractivity contribution < 1.29 is 4.42 Å². The quantitative estimate of drug-likeness (QED) is 0.583. The lowest BCUT2D eigenvalue weighted by molar-refractivity contribution is 0.441. The second-order valence-electron chi connectivity index (χ2n) is 2.77. The first kappa shape index (κ1) is 10.4. The van der Waals surface area contributed by atoms with E-state index in [2.05, 4.69) is 12.2 Å². The third-order valence-corrected chi connectivity index (χ3v) is 1.95. The monoisotopic (exact) mass is 199 g/mol. The Bertz CT molecular complexity index is 243. The number of hydrogen-bond donors (Lipinski definition) is 1. The highest BCUT2D eigenvalue weighted by atomic mass is 35.5. The molecule has 0 bridgehead atoms. The van der Waals surface area contributed by atoms with Crippen LogP contribution in [-0.2, 0) is 0 Å². The number of alkyl halides is 1. The Balaban J connectivity index is 2.26. The summed E-state index contributed by atoms with van der Waals surface area (Å²) in [7, 11) is 0. The van der Waals surface area contributed by atoms with Crippen LogP contribution in [0.2, 0.25) is 0 Å². The van der Waals surface area contributed by atoms with Gasteiger partial charge in [-0.2, -0.15) is 0 Å². The van der Waals surface area contributed by atoms with E-state index in [9.17, 15) is 0 Å². The highest BCUT2D eigenvalue weighted by Crippen LogP contribution is 2.11. The first-order valence-corrected chi connectivity index (χ1v) is 4.86. The molecule has 0 amide bonds. The van der Waals surface area contributed by atoms with Gasteiger partial charge in [0.25, 0.3) is 0 Å². The van der Waals surface area contributed by atoms with Crippen molar-refractivity contribution in [1.29, 1.82) is 0 Å². The van der Waals surface area contributed by atoms with Gasteiger partial charge in [-0.3, -0.25) is 0 Å². The summed E-state index contributed by atoms with van der Waals surface area (Å²) in [6.07, 6.45) is 5.61. The van der Waals surface area contributed by atoms with Gasteiger partial charge in [0, 0.05) is 12.4 Å². The van der Waals surface area contributed by atoms with Gasteiger partial charge in [-0.15, -0.1) is 11.6 Å². The van der Waals surface area contributed by atoms with E-state index < -0.39 is 0 Å². The Kier molecular flexibility index (Phi) is 4.65. The minimum Gasteiger partial charge on any atom is -0.468 e. The largest absolute Gasteiger partial charge is 0.468 e. The topological polar surface area (TPSA) is 25.2 Å². The van der Waals surface area contributed by atoms with Crippen molar-refractivity contribution in [2.75, 3.05) is 12.4 Å². The van der Waals surface area contributed by atoms with Crippen LogP contribution in [0.15, 0.2) is 35.0 Å². The fourth-order valence-electron chi connectivity index (χ4n) is 1.03. The van der Waals surface area contributed by atoms with Crippen molar-refractivity contribution in [3.8, 4) is 0 Å². The molecule has 1 rings (SSSR count). The van der Waals surface area contributed by atoms with Gasteiger partial charge in [0.05, 0.1) is 12.3 Å². The average Bonchev–Trinajstić information content (AvgIpc) is 2.65. The van der Waals surface area contributed by atoms with E-state index in [1.807, 2.05) is 24.3 Å². The average molecular weight is 200 g/mol. The Morgan fingerprint density at radius 3 is 3.08 bits per heavy atom. The molecule has 0 fully saturated rings. The van der Waals surface area contributed by atoms with Crippen LogP contribution in [0.5, 0.6) is 0 Å². The van der Waals surface area contributed by atoms with E-state index >= 15 is 0 Å². The van der Waals surface area contributed by atoms with Crippen LogP contribution in [0.4, 0.5) is 0 Å². The molecule has 1 aromatic rings. The lowest BCUT2D eigenvalue weighted by Crippen LogP contribution is -2.17. The summed E-state index contributed by atoms with van der Waals surface area (Å²) < 4.78 is 5.24. The molecule has 0 aliphatic carbocycles. The van der Waals surface area contributed by atoms with Gasteiger partial charge >= 0.3 is 0 Å². The molecule has 3 heteroatoms. The summed E-state index contributed by atoms with van der Waals surface area (Å²) in [6.45, 7) is 2.88. The summed E-state index contributed by atoms with van der Waals surface area (Å²) in [5.74, 6) is 1.52. The summed E-state index contributed by atoms with van der Waals surface area (Å²) in [5, 5.41) is 3.28. The molecule has 0 aliphatic rings. The predicted molar refractivity (Wildman–Crippen MR) is 55.0 cm³/mol. The summed E-state index contributed by atoms with van der Waals surface area (Å²) in [6, 6.07) is 4.10. The molecule has 0 saturated heterocycles. The summed E-state index contributed by atoms with van der Waals surface area (Å²) in [5.41, 5.74) is 0. The fraction of sp³-hybridized carbons (Fsp3) is 0.400. The zero-order valence-electron chi connectivity index (χ0n) is 7.66. The molecule has 1 N–H and O–H groups in total. The molecule has 1 atom stereocenters. The smallest absolute Gasteiger partial charge is 0.120 e. The number of nitrogens with one attached hydrogen (secondary N) is 1. The van der Waals surface area contributed by atoms with Crippen molar-refractivity contribution in [2.45, 2.75) is 13.0 Å². The lowest BCUT2D eigenvalue weighted by Gasteiger charge is -2.08. The molecule has 1 heterocycles. The standard InChI is InChI=1S/C10H14ClNO/c1-9(10-5-4-8-13-10)12-7-3-2-6-11/h2-5,8-9,12H,6-7H2,1H3/b3-2+. The van der Waals surface area contributed by atoms with Crippen molar-refractivity contribution in [3.63, 3.8) is 0 Å². The van der Waals surface area contributed by atoms with Crippen LogP contribution in [-0.4, -0.2) is 12.4 Å². The Labute approximate surface area is 83.6 Å². The normalized spacial score (nSPS) is 13.7. The van der Waals surface area contributed by atoms with Crippen LogP contribution in [0, 0.1) is 0 Å². The molecular weight excluding hydrogens is 186 g/mol. The first-order chi connectivity index (χ1) is 6.34. The maximum Gasteiger partial charge on any atom is 0.120 e. The van der Waals surface area contributed by atoms with Gasteiger partial charge in [-0.05, 0) is 19.1 Å². The SMILES string of the molecule is CC(NC/C=C/CCl)c1ccco1. The molecule has 0 aliphatic heterocycles. The molecule has 13 heavy (non-hydrogen) atoms. The Morgan fingerprint density at radius 2 is 2.46 bits per heavy atom. The maximum atomic E-state index is 5.48. The summed E-state index contributed by atoms with van der Waals surface area (Å²) >= 11 is 5.48. The third-order valence-electron chi connectivity index (χ3n) is 1.77. The highest BCUT2D eigenvalue weighted by molar-refractivity contribution is 6.18. The number of hydrogen-bond acceptors (Lipinski definition) is 2. The van der Waals surface area contributed by atoms with E-state index in [0.717, 1.165) is 12.3 Å². The third kappa shape index (κ3) is 3.66. The van der Waals surface area contributed by atoms with Crippen molar-refractivity contribution >= 4 is 11.6 Å². The van der Waals surface area contributed by atoms with E-state index in [-0.39, 0.29) is 6.04 Å². The van der Waals surface area contributed by atoms with Crippen LogP contribution >= 0.6 is 11.6 Å². The fourth-order valence-corrected chi connectivity index (χ4v) is 1.16. The molecule has 1 aromatic heterocycles. The van der Waals surface area contributed by atoms with E-state index in [0.29, 0.717) is 5.88 Å². The molecule has 2 nitrogen and oxygen atoms in total. The number of rotatable bonds is 5. The van der Waals surface area contributed by atoms with Crippen LogP contribution in [0.25, 0.3) is 0 Å². The zero-order chi connectivity index (χ0) is 9.52. The van der Waals surface area contributed by atoms with Gasteiger partial charge in [-0.25, -0.2) is 0 Å². The van der Waals surface area contributed by atoms with E-state index in [1.54, 1.807) is 6.26 Å². The molecular formula is C10H14ClNO. The van der Waals surface area contributed by atoms with E-state index in [4.69, 9.17) is 16.0 Å².